The lowest BCUT2D eigenvalue weighted by molar-refractivity contribution is -0.140. The molecule has 1 aromatic carbocycles. The Hall–Kier alpha value is -2.47. The van der Waals surface area contributed by atoms with Gasteiger partial charge in [0.15, 0.2) is 0 Å². The number of carbonyl (C=O) groups is 2. The molecule has 2 amide bonds. The maximum atomic E-state index is 13.5. The van der Waals surface area contributed by atoms with Crippen molar-refractivity contribution in [2.24, 2.45) is 23.2 Å². The quantitative estimate of drug-likeness (QED) is 0.747. The lowest BCUT2D eigenvalue weighted by Gasteiger charge is -2.55. The van der Waals surface area contributed by atoms with Crippen LogP contribution in [0.1, 0.15) is 60.1 Å². The van der Waals surface area contributed by atoms with Crippen molar-refractivity contribution in [3.05, 3.63) is 52.4 Å². The van der Waals surface area contributed by atoms with Gasteiger partial charge in [-0.1, -0.05) is 23.7 Å². The third-order valence-corrected chi connectivity index (χ3v) is 8.48. The summed E-state index contributed by atoms with van der Waals surface area (Å²) in [6, 6.07) is 7.11. The van der Waals surface area contributed by atoms with Gasteiger partial charge in [0.05, 0.1) is 28.2 Å². The first kappa shape index (κ1) is 20.2. The van der Waals surface area contributed by atoms with E-state index in [0.717, 1.165) is 48.3 Å². The molecule has 5 aliphatic rings. The van der Waals surface area contributed by atoms with E-state index in [1.807, 2.05) is 12.1 Å². The minimum Gasteiger partial charge on any atom is -0.332 e. The van der Waals surface area contributed by atoms with Crippen molar-refractivity contribution >= 4 is 29.2 Å². The molecular weight excluding hydrogens is 424 g/mol. The highest BCUT2D eigenvalue weighted by atomic mass is 35.5. The van der Waals surface area contributed by atoms with Crippen LogP contribution in [0.5, 0.6) is 0 Å². The summed E-state index contributed by atoms with van der Waals surface area (Å²) in [7, 11) is 0. The molecule has 7 heteroatoms. The van der Waals surface area contributed by atoms with Crippen molar-refractivity contribution in [1.82, 2.24) is 14.9 Å². The fraction of sp³-hybridized carbons (Fsp3) is 0.520. The Balaban J connectivity index is 1.21. The van der Waals surface area contributed by atoms with E-state index in [-0.39, 0.29) is 17.2 Å². The van der Waals surface area contributed by atoms with Gasteiger partial charge in [-0.05, 0) is 74.8 Å². The first-order valence-corrected chi connectivity index (χ1v) is 12.1. The number of anilines is 1. The molecule has 0 saturated heterocycles. The van der Waals surface area contributed by atoms with Gasteiger partial charge in [0.2, 0.25) is 5.91 Å². The van der Waals surface area contributed by atoms with Crippen molar-refractivity contribution in [1.29, 1.82) is 0 Å². The number of benzene rings is 1. The van der Waals surface area contributed by atoms with Crippen molar-refractivity contribution in [2.75, 3.05) is 11.9 Å². The number of halogens is 1. The van der Waals surface area contributed by atoms with Crippen molar-refractivity contribution in [2.45, 2.75) is 51.5 Å². The second kappa shape index (κ2) is 7.55. The highest BCUT2D eigenvalue weighted by Crippen LogP contribution is 2.60. The van der Waals surface area contributed by atoms with E-state index in [0.29, 0.717) is 35.9 Å². The van der Waals surface area contributed by atoms with Gasteiger partial charge >= 0.3 is 0 Å². The molecule has 1 aliphatic heterocycles. The predicted molar refractivity (Wildman–Crippen MR) is 121 cm³/mol. The van der Waals surface area contributed by atoms with Gasteiger partial charge in [0, 0.05) is 12.1 Å². The van der Waals surface area contributed by atoms with Crippen LogP contribution in [0.2, 0.25) is 5.02 Å². The van der Waals surface area contributed by atoms with Crippen LogP contribution in [0.4, 0.5) is 5.82 Å². The smallest absolute Gasteiger partial charge is 0.255 e. The first-order chi connectivity index (χ1) is 15.5. The molecule has 1 N–H and O–H groups in total. The molecule has 4 fully saturated rings. The van der Waals surface area contributed by atoms with Crippen LogP contribution in [-0.4, -0.2) is 33.2 Å². The van der Waals surface area contributed by atoms with Crippen molar-refractivity contribution in [3.63, 3.8) is 0 Å². The Morgan fingerprint density at radius 3 is 2.41 bits per heavy atom. The van der Waals surface area contributed by atoms with Crippen molar-refractivity contribution < 1.29 is 9.59 Å². The largest absolute Gasteiger partial charge is 0.332 e. The number of fused-ring (bicyclic) bond motifs is 1. The molecule has 0 radical (unpaired) electrons. The number of aromatic nitrogens is 2. The SMILES string of the molecule is O=C(c1ccccc1Cl)N1CCc2c(ncnc2NC(=O)C23CC4CC(CC(C4)C2)C3)C1. The summed E-state index contributed by atoms with van der Waals surface area (Å²) in [6.45, 7) is 0.937. The Morgan fingerprint density at radius 1 is 1.03 bits per heavy atom. The number of rotatable bonds is 3. The molecule has 0 atom stereocenters. The van der Waals surface area contributed by atoms with Crippen LogP contribution in [0.15, 0.2) is 30.6 Å². The van der Waals surface area contributed by atoms with E-state index in [1.165, 1.54) is 25.6 Å². The number of carbonyl (C=O) groups excluding carboxylic acids is 2. The molecule has 6 nitrogen and oxygen atoms in total. The van der Waals surface area contributed by atoms with Crippen molar-refractivity contribution in [3.8, 4) is 0 Å². The monoisotopic (exact) mass is 450 g/mol. The summed E-state index contributed by atoms with van der Waals surface area (Å²) in [5.74, 6) is 2.83. The molecule has 4 saturated carbocycles. The fourth-order valence-corrected chi connectivity index (χ4v) is 7.29. The Bertz CT molecular complexity index is 1070. The zero-order valence-corrected chi connectivity index (χ0v) is 18.8. The molecule has 4 aliphatic carbocycles. The third kappa shape index (κ3) is 3.31. The summed E-state index contributed by atoms with van der Waals surface area (Å²) in [5.41, 5.74) is 2.04. The Labute approximate surface area is 192 Å². The zero-order valence-electron chi connectivity index (χ0n) is 18.0. The molecule has 32 heavy (non-hydrogen) atoms. The van der Waals surface area contributed by atoms with E-state index in [4.69, 9.17) is 11.6 Å². The van der Waals surface area contributed by atoms with Crippen LogP contribution >= 0.6 is 11.6 Å². The average Bonchev–Trinajstić information content (AvgIpc) is 2.78. The van der Waals surface area contributed by atoms with Gasteiger partial charge < -0.3 is 10.2 Å². The molecule has 1 aromatic heterocycles. The van der Waals surface area contributed by atoms with Gasteiger partial charge in [0.25, 0.3) is 5.91 Å². The molecule has 7 rings (SSSR count). The molecule has 0 spiro atoms. The van der Waals surface area contributed by atoms with Gasteiger partial charge in [-0.25, -0.2) is 9.97 Å². The lowest BCUT2D eigenvalue weighted by Crippen LogP contribution is -2.52. The van der Waals surface area contributed by atoms with Gasteiger partial charge in [-0.15, -0.1) is 0 Å². The van der Waals surface area contributed by atoms with E-state index in [9.17, 15) is 9.59 Å². The first-order valence-electron chi connectivity index (χ1n) is 11.7. The standard InChI is InChI=1S/C25H27ClN4O2/c26-20-4-2-1-3-18(20)23(31)30-6-5-19-21(13-30)27-14-28-22(19)29-24(32)25-10-15-7-16(11-25)9-17(8-15)12-25/h1-4,14-17H,5-13H2,(H,27,28,29,32). The van der Waals surface area contributed by atoms with E-state index in [1.54, 1.807) is 17.0 Å². The van der Waals surface area contributed by atoms with E-state index in [2.05, 4.69) is 15.3 Å². The van der Waals surface area contributed by atoms with Crippen LogP contribution in [0.25, 0.3) is 0 Å². The minimum absolute atomic E-state index is 0.0981. The number of amides is 2. The number of hydrogen-bond acceptors (Lipinski definition) is 4. The highest BCUT2D eigenvalue weighted by Gasteiger charge is 2.54. The van der Waals surface area contributed by atoms with Gasteiger partial charge in [-0.2, -0.15) is 0 Å². The van der Waals surface area contributed by atoms with E-state index < -0.39 is 0 Å². The normalized spacial score (nSPS) is 30.2. The number of hydrogen-bond donors (Lipinski definition) is 1. The molecule has 166 valence electrons. The van der Waals surface area contributed by atoms with E-state index >= 15 is 0 Å². The summed E-state index contributed by atoms with van der Waals surface area (Å²) in [5, 5.41) is 3.65. The minimum atomic E-state index is -0.215. The Kier molecular flexibility index (Phi) is 4.75. The topological polar surface area (TPSA) is 75.2 Å². The molecular formula is C25H27ClN4O2. The number of nitrogens with one attached hydrogen (secondary N) is 1. The molecule has 4 bridgehead atoms. The van der Waals surface area contributed by atoms with Crippen LogP contribution in [0.3, 0.4) is 0 Å². The van der Waals surface area contributed by atoms with Gasteiger partial charge in [0.1, 0.15) is 12.1 Å². The van der Waals surface area contributed by atoms with Crippen LogP contribution < -0.4 is 5.32 Å². The molecule has 0 unspecified atom stereocenters. The number of nitrogens with zero attached hydrogens (tertiary/aromatic N) is 3. The summed E-state index contributed by atoms with van der Waals surface area (Å²) in [4.78, 5) is 37.1. The zero-order chi connectivity index (χ0) is 21.9. The predicted octanol–water partition coefficient (Wildman–Crippen LogP) is 4.48. The lowest BCUT2D eigenvalue weighted by atomic mass is 9.49. The molecule has 2 heterocycles. The van der Waals surface area contributed by atoms with Crippen LogP contribution in [-0.2, 0) is 17.8 Å². The summed E-state index contributed by atoms with van der Waals surface area (Å²) < 4.78 is 0. The second-order valence-corrected chi connectivity index (χ2v) is 10.7. The fourth-order valence-electron chi connectivity index (χ4n) is 7.07. The third-order valence-electron chi connectivity index (χ3n) is 8.15. The second-order valence-electron chi connectivity index (χ2n) is 10.3. The van der Waals surface area contributed by atoms with Gasteiger partial charge in [-0.3, -0.25) is 9.59 Å². The van der Waals surface area contributed by atoms with Crippen LogP contribution in [0, 0.1) is 23.2 Å². The summed E-state index contributed by atoms with van der Waals surface area (Å²) in [6.07, 6.45) is 9.12. The Morgan fingerprint density at radius 2 is 1.72 bits per heavy atom. The highest BCUT2D eigenvalue weighted by molar-refractivity contribution is 6.33. The maximum Gasteiger partial charge on any atom is 0.255 e. The maximum absolute atomic E-state index is 13.5. The average molecular weight is 451 g/mol. The molecule has 2 aromatic rings. The summed E-state index contributed by atoms with van der Waals surface area (Å²) >= 11 is 6.23.